The van der Waals surface area contributed by atoms with Gasteiger partial charge in [-0.05, 0) is 50.6 Å². The molecule has 18 heavy (non-hydrogen) atoms. The maximum absolute atomic E-state index is 5.73. The molecule has 0 aliphatic carbocycles. The zero-order chi connectivity index (χ0) is 12.8. The van der Waals surface area contributed by atoms with Gasteiger partial charge in [-0.15, -0.1) is 0 Å². The number of rotatable bonds is 5. The molecular weight excluding hydrogens is 226 g/mol. The molecule has 1 aromatic carbocycles. The van der Waals surface area contributed by atoms with Crippen LogP contribution in [0.1, 0.15) is 31.4 Å². The highest BCUT2D eigenvalue weighted by Gasteiger charge is 2.17. The predicted octanol–water partition coefficient (Wildman–Crippen LogP) is 3.04. The van der Waals surface area contributed by atoms with E-state index in [1.165, 1.54) is 5.56 Å². The van der Waals surface area contributed by atoms with E-state index in [1.807, 2.05) is 26.1 Å². The van der Waals surface area contributed by atoms with Crippen molar-refractivity contribution in [1.29, 1.82) is 0 Å². The maximum Gasteiger partial charge on any atom is 0.119 e. The Morgan fingerprint density at radius 1 is 1.33 bits per heavy atom. The molecule has 3 nitrogen and oxygen atoms in total. The van der Waals surface area contributed by atoms with Crippen molar-refractivity contribution in [2.24, 2.45) is 0 Å². The highest BCUT2D eigenvalue weighted by Crippen LogP contribution is 2.27. The van der Waals surface area contributed by atoms with Gasteiger partial charge in [0.15, 0.2) is 0 Å². The lowest BCUT2D eigenvalue weighted by atomic mass is 10.0. The molecule has 3 heteroatoms. The molecule has 1 heterocycles. The summed E-state index contributed by atoms with van der Waals surface area (Å²) in [4.78, 5) is 0. The van der Waals surface area contributed by atoms with Gasteiger partial charge in [-0.3, -0.25) is 0 Å². The van der Waals surface area contributed by atoms with Crippen LogP contribution in [0, 0.1) is 0 Å². The molecular formula is C15H21NO2. The highest BCUT2D eigenvalue weighted by atomic mass is 16.5. The lowest BCUT2D eigenvalue weighted by Gasteiger charge is -2.24. The summed E-state index contributed by atoms with van der Waals surface area (Å²) in [6.45, 7) is 3.51. The number of allylic oxidation sites excluding steroid dienone is 1. The topological polar surface area (TPSA) is 30.5 Å². The second-order valence-corrected chi connectivity index (χ2v) is 4.32. The summed E-state index contributed by atoms with van der Waals surface area (Å²) in [7, 11) is 1.96. The normalized spacial score (nSPS) is 16.7. The summed E-state index contributed by atoms with van der Waals surface area (Å²) < 4.78 is 11.2. The largest absolute Gasteiger partial charge is 0.496 e. The van der Waals surface area contributed by atoms with Gasteiger partial charge in [0.25, 0.3) is 0 Å². The summed E-state index contributed by atoms with van der Waals surface area (Å²) in [5.74, 6) is 1.95. The number of benzene rings is 1. The molecule has 0 fully saturated rings. The third-order valence-electron chi connectivity index (χ3n) is 3.06. The van der Waals surface area contributed by atoms with Crippen LogP contribution in [0.3, 0.4) is 0 Å². The Balaban J connectivity index is 2.14. The highest BCUT2D eigenvalue weighted by molar-refractivity contribution is 5.32. The van der Waals surface area contributed by atoms with Crippen LogP contribution in [0.25, 0.3) is 0 Å². The molecule has 0 radical (unpaired) electrons. The van der Waals surface area contributed by atoms with Crippen molar-refractivity contribution in [1.82, 2.24) is 5.32 Å². The van der Waals surface area contributed by atoms with Gasteiger partial charge in [-0.1, -0.05) is 12.1 Å². The van der Waals surface area contributed by atoms with Crippen LogP contribution < -0.4 is 10.1 Å². The van der Waals surface area contributed by atoms with Gasteiger partial charge in [0.2, 0.25) is 0 Å². The number of nitrogens with one attached hydrogen (secondary N) is 1. The third kappa shape index (κ3) is 3.05. The number of ether oxygens (including phenoxy) is 2. The van der Waals surface area contributed by atoms with E-state index in [4.69, 9.17) is 9.47 Å². The van der Waals surface area contributed by atoms with Crippen LogP contribution in [0.15, 0.2) is 36.1 Å². The van der Waals surface area contributed by atoms with E-state index in [0.717, 1.165) is 31.0 Å². The molecule has 0 spiro atoms. The summed E-state index contributed by atoms with van der Waals surface area (Å²) >= 11 is 0. The van der Waals surface area contributed by atoms with E-state index in [9.17, 15) is 0 Å². The van der Waals surface area contributed by atoms with Gasteiger partial charge < -0.3 is 14.8 Å². The zero-order valence-corrected chi connectivity index (χ0v) is 11.1. The second kappa shape index (κ2) is 6.45. The maximum atomic E-state index is 5.73. The fourth-order valence-electron chi connectivity index (χ4n) is 2.17. The Hall–Kier alpha value is -1.48. The Bertz CT molecular complexity index is 397. The van der Waals surface area contributed by atoms with E-state index in [0.29, 0.717) is 6.61 Å². The standard InChI is InChI=1S/C15H21NO2/c1-3-17-13-9-7-12(8-10-13)15(16-2)14-6-4-5-11-18-14/h6-10,15-16H,3-5,11H2,1-2H3. The van der Waals surface area contributed by atoms with Gasteiger partial charge in [0, 0.05) is 0 Å². The van der Waals surface area contributed by atoms with Crippen molar-refractivity contribution in [3.05, 3.63) is 41.7 Å². The molecule has 1 aliphatic rings. The van der Waals surface area contributed by atoms with E-state index in [2.05, 4.69) is 23.5 Å². The number of likely N-dealkylation sites (N-methyl/N-ethyl adjacent to an activating group) is 1. The molecule has 0 saturated heterocycles. The van der Waals surface area contributed by atoms with Crippen LogP contribution in [-0.2, 0) is 4.74 Å². The van der Waals surface area contributed by atoms with Crippen LogP contribution in [-0.4, -0.2) is 20.3 Å². The van der Waals surface area contributed by atoms with Gasteiger partial charge in [0.1, 0.15) is 11.5 Å². The van der Waals surface area contributed by atoms with E-state index in [-0.39, 0.29) is 6.04 Å². The predicted molar refractivity (Wildman–Crippen MR) is 72.7 cm³/mol. The first-order chi connectivity index (χ1) is 8.85. The Morgan fingerprint density at radius 3 is 2.67 bits per heavy atom. The van der Waals surface area contributed by atoms with Crippen molar-refractivity contribution >= 4 is 0 Å². The van der Waals surface area contributed by atoms with E-state index < -0.39 is 0 Å². The number of hydrogen-bond donors (Lipinski definition) is 1. The SMILES string of the molecule is CCOc1ccc(C(NC)C2=CCCCO2)cc1. The van der Waals surface area contributed by atoms with Crippen LogP contribution >= 0.6 is 0 Å². The molecule has 0 amide bonds. The van der Waals surface area contributed by atoms with Crippen LogP contribution in [0.2, 0.25) is 0 Å². The van der Waals surface area contributed by atoms with Gasteiger partial charge in [-0.25, -0.2) is 0 Å². The quantitative estimate of drug-likeness (QED) is 0.867. The van der Waals surface area contributed by atoms with Gasteiger partial charge in [-0.2, -0.15) is 0 Å². The molecule has 1 atom stereocenters. The zero-order valence-electron chi connectivity index (χ0n) is 11.1. The number of hydrogen-bond acceptors (Lipinski definition) is 3. The molecule has 2 rings (SSSR count). The summed E-state index contributed by atoms with van der Waals surface area (Å²) in [6.07, 6.45) is 4.40. The molecule has 0 bridgehead atoms. The fraction of sp³-hybridized carbons (Fsp3) is 0.467. The van der Waals surface area contributed by atoms with Crippen molar-refractivity contribution in [2.75, 3.05) is 20.3 Å². The van der Waals surface area contributed by atoms with E-state index >= 15 is 0 Å². The van der Waals surface area contributed by atoms with Crippen molar-refractivity contribution in [2.45, 2.75) is 25.8 Å². The summed E-state index contributed by atoms with van der Waals surface area (Å²) in [6, 6.07) is 8.33. The lowest BCUT2D eigenvalue weighted by molar-refractivity contribution is 0.169. The smallest absolute Gasteiger partial charge is 0.119 e. The summed E-state index contributed by atoms with van der Waals surface area (Å²) in [5.41, 5.74) is 1.20. The molecule has 98 valence electrons. The Morgan fingerprint density at radius 2 is 2.11 bits per heavy atom. The minimum Gasteiger partial charge on any atom is -0.496 e. The minimum atomic E-state index is 0.140. The Labute approximate surface area is 109 Å². The molecule has 1 aromatic rings. The van der Waals surface area contributed by atoms with Gasteiger partial charge >= 0.3 is 0 Å². The van der Waals surface area contributed by atoms with Crippen molar-refractivity contribution in [3.63, 3.8) is 0 Å². The molecule has 0 saturated carbocycles. The first-order valence-corrected chi connectivity index (χ1v) is 6.58. The fourth-order valence-corrected chi connectivity index (χ4v) is 2.17. The van der Waals surface area contributed by atoms with Crippen molar-refractivity contribution < 1.29 is 9.47 Å². The average Bonchev–Trinajstić information content (AvgIpc) is 2.43. The minimum absolute atomic E-state index is 0.140. The monoisotopic (exact) mass is 247 g/mol. The lowest BCUT2D eigenvalue weighted by Crippen LogP contribution is -2.21. The van der Waals surface area contributed by atoms with Crippen molar-refractivity contribution in [3.8, 4) is 5.75 Å². The second-order valence-electron chi connectivity index (χ2n) is 4.32. The third-order valence-corrected chi connectivity index (χ3v) is 3.06. The Kier molecular flexibility index (Phi) is 4.65. The average molecular weight is 247 g/mol. The van der Waals surface area contributed by atoms with Crippen LogP contribution in [0.5, 0.6) is 5.75 Å². The summed E-state index contributed by atoms with van der Waals surface area (Å²) in [5, 5.41) is 3.31. The first-order valence-electron chi connectivity index (χ1n) is 6.58. The molecule has 1 unspecified atom stereocenters. The molecule has 0 aromatic heterocycles. The van der Waals surface area contributed by atoms with E-state index in [1.54, 1.807) is 0 Å². The molecule has 1 N–H and O–H groups in total. The van der Waals surface area contributed by atoms with Crippen LogP contribution in [0.4, 0.5) is 0 Å². The van der Waals surface area contributed by atoms with Gasteiger partial charge in [0.05, 0.1) is 19.3 Å². The molecule has 1 aliphatic heterocycles. The first kappa shape index (κ1) is 13.0.